The van der Waals surface area contributed by atoms with Gasteiger partial charge < -0.3 is 10.1 Å². The number of amides is 1. The molecule has 0 unspecified atom stereocenters. The first-order valence-corrected chi connectivity index (χ1v) is 10.2. The second-order valence-corrected chi connectivity index (χ2v) is 7.50. The molecule has 0 atom stereocenters. The number of aromatic nitrogens is 4. The van der Waals surface area contributed by atoms with Gasteiger partial charge in [0.25, 0.3) is 5.91 Å². The summed E-state index contributed by atoms with van der Waals surface area (Å²) < 4.78 is 57.3. The average Bonchev–Trinajstić information content (AvgIpc) is 3.49. The molecule has 0 saturated heterocycles. The summed E-state index contributed by atoms with van der Waals surface area (Å²) in [6, 6.07) is 12.4. The van der Waals surface area contributed by atoms with Crippen molar-refractivity contribution in [2.45, 2.75) is 6.36 Å². The zero-order chi connectivity index (χ0) is 24.6. The third-order valence-electron chi connectivity index (χ3n) is 5.19. The topological polar surface area (TPSA) is 84.3 Å². The molecule has 5 aromatic rings. The molecule has 0 aliphatic carbocycles. The third kappa shape index (κ3) is 4.69. The van der Waals surface area contributed by atoms with E-state index in [1.807, 2.05) is 18.3 Å². The summed E-state index contributed by atoms with van der Waals surface area (Å²) in [6.07, 6.45) is 2.07. The highest BCUT2D eigenvalue weighted by molar-refractivity contribution is 6.04. The Morgan fingerprint density at radius 1 is 0.971 bits per heavy atom. The molecule has 2 N–H and O–H groups in total. The van der Waals surface area contributed by atoms with Crippen molar-refractivity contribution in [1.29, 1.82) is 0 Å². The Hall–Kier alpha value is -4.67. The maximum atomic E-state index is 14.9. The number of anilines is 1. The summed E-state index contributed by atoms with van der Waals surface area (Å²) in [5, 5.41) is 9.15. The number of aromatic amines is 1. The third-order valence-corrected chi connectivity index (χ3v) is 5.19. The second-order valence-electron chi connectivity index (χ2n) is 7.50. The van der Waals surface area contributed by atoms with Crippen molar-refractivity contribution < 1.29 is 27.1 Å². The van der Waals surface area contributed by atoms with E-state index in [1.165, 1.54) is 24.3 Å². The maximum absolute atomic E-state index is 14.9. The molecule has 0 aliphatic rings. The molecule has 5 rings (SSSR count). The molecule has 7 nitrogen and oxygen atoms in total. The van der Waals surface area contributed by atoms with Gasteiger partial charge in [0, 0.05) is 34.8 Å². The molecule has 0 aliphatic heterocycles. The summed E-state index contributed by atoms with van der Waals surface area (Å²) in [5.41, 5.74) is 3.50. The second kappa shape index (κ2) is 8.60. The number of hydrogen-bond acceptors (Lipinski definition) is 4. The quantitative estimate of drug-likeness (QED) is 0.316. The van der Waals surface area contributed by atoms with E-state index >= 15 is 0 Å². The van der Waals surface area contributed by atoms with Gasteiger partial charge in [0.05, 0.1) is 23.7 Å². The van der Waals surface area contributed by atoms with Crippen LogP contribution in [0.25, 0.3) is 28.0 Å². The van der Waals surface area contributed by atoms with E-state index in [0.29, 0.717) is 16.9 Å². The first kappa shape index (κ1) is 22.1. The normalized spacial score (nSPS) is 11.5. The van der Waals surface area contributed by atoms with Crippen LogP contribution in [0.4, 0.5) is 23.2 Å². The fourth-order valence-corrected chi connectivity index (χ4v) is 3.57. The van der Waals surface area contributed by atoms with Crippen LogP contribution in [0.1, 0.15) is 10.4 Å². The Morgan fingerprint density at radius 3 is 2.43 bits per heavy atom. The Labute approximate surface area is 195 Å². The number of benzene rings is 2. The Kier molecular flexibility index (Phi) is 5.44. The van der Waals surface area contributed by atoms with E-state index in [-0.39, 0.29) is 11.3 Å². The van der Waals surface area contributed by atoms with Crippen LogP contribution in [0.3, 0.4) is 0 Å². The van der Waals surface area contributed by atoms with Crippen LogP contribution in [0.5, 0.6) is 5.75 Å². The number of rotatable bonds is 5. The van der Waals surface area contributed by atoms with Gasteiger partial charge in [-0.05, 0) is 48.5 Å². The number of hydrogen-bond donors (Lipinski definition) is 2. The summed E-state index contributed by atoms with van der Waals surface area (Å²) in [6.45, 7) is 0. The molecule has 0 spiro atoms. The predicted molar refractivity (Wildman–Crippen MR) is 119 cm³/mol. The molecule has 0 saturated carbocycles. The molecule has 3 aromatic heterocycles. The molecule has 3 heterocycles. The zero-order valence-electron chi connectivity index (χ0n) is 17.7. The largest absolute Gasteiger partial charge is 0.573 e. The van der Waals surface area contributed by atoms with Gasteiger partial charge in [-0.1, -0.05) is 6.07 Å². The van der Waals surface area contributed by atoms with Crippen LogP contribution < -0.4 is 10.1 Å². The molecule has 1 amide bonds. The van der Waals surface area contributed by atoms with Crippen molar-refractivity contribution in [2.24, 2.45) is 0 Å². The minimum Gasteiger partial charge on any atom is -0.406 e. The standard InChI is InChI=1S/C24H15F4N5O2/c25-20-9-14(21-12-29-22-8-2-15(13-33(21)22)16-10-30-31-11-16)1-7-19(20)23(34)32-17-3-5-18(6-4-17)35-24(26,27)28/h1-13H,(H,30,31)(H,32,34). The van der Waals surface area contributed by atoms with E-state index in [1.54, 1.807) is 29.1 Å². The van der Waals surface area contributed by atoms with Crippen LogP contribution in [-0.2, 0) is 0 Å². The van der Waals surface area contributed by atoms with Gasteiger partial charge >= 0.3 is 6.36 Å². The van der Waals surface area contributed by atoms with Gasteiger partial charge in [0.15, 0.2) is 0 Å². The summed E-state index contributed by atoms with van der Waals surface area (Å²) >= 11 is 0. The minimum atomic E-state index is -4.82. The number of carbonyl (C=O) groups excluding carboxylic acids is 1. The zero-order valence-corrected chi connectivity index (χ0v) is 17.7. The van der Waals surface area contributed by atoms with Gasteiger partial charge in [-0.25, -0.2) is 9.37 Å². The predicted octanol–water partition coefficient (Wildman–Crippen LogP) is 5.68. The number of pyridine rings is 1. The molecule has 35 heavy (non-hydrogen) atoms. The number of fused-ring (bicyclic) bond motifs is 1. The average molecular weight is 481 g/mol. The highest BCUT2D eigenvalue weighted by atomic mass is 19.4. The maximum Gasteiger partial charge on any atom is 0.573 e. The number of nitrogens with zero attached hydrogens (tertiary/aromatic N) is 3. The van der Waals surface area contributed by atoms with Crippen LogP contribution in [0, 0.1) is 5.82 Å². The van der Waals surface area contributed by atoms with E-state index in [4.69, 9.17) is 0 Å². The van der Waals surface area contributed by atoms with Gasteiger partial charge in [-0.2, -0.15) is 5.10 Å². The Balaban J connectivity index is 1.37. The number of halogens is 4. The van der Waals surface area contributed by atoms with Gasteiger partial charge in [0.2, 0.25) is 0 Å². The number of H-pyrrole nitrogens is 1. The minimum absolute atomic E-state index is 0.182. The SMILES string of the molecule is O=C(Nc1ccc(OC(F)(F)F)cc1)c1ccc(-c2cnc3ccc(-c4cn[nH]c4)cn23)cc1F. The molecular weight excluding hydrogens is 466 g/mol. The molecule has 0 bridgehead atoms. The van der Waals surface area contributed by atoms with Crippen molar-refractivity contribution in [3.63, 3.8) is 0 Å². The number of carbonyl (C=O) groups is 1. The first-order chi connectivity index (χ1) is 16.8. The summed E-state index contributed by atoms with van der Waals surface area (Å²) in [4.78, 5) is 16.9. The fourth-order valence-electron chi connectivity index (χ4n) is 3.57. The van der Waals surface area contributed by atoms with Crippen LogP contribution in [0.15, 0.2) is 79.4 Å². The first-order valence-electron chi connectivity index (χ1n) is 10.2. The molecule has 0 radical (unpaired) electrons. The van der Waals surface area contributed by atoms with E-state index < -0.39 is 23.8 Å². The van der Waals surface area contributed by atoms with E-state index in [2.05, 4.69) is 25.2 Å². The van der Waals surface area contributed by atoms with Crippen molar-refractivity contribution in [2.75, 3.05) is 5.32 Å². The van der Waals surface area contributed by atoms with Crippen molar-refractivity contribution in [1.82, 2.24) is 19.6 Å². The fraction of sp³-hybridized carbons (Fsp3) is 0.0417. The van der Waals surface area contributed by atoms with Gasteiger partial charge in [-0.15, -0.1) is 13.2 Å². The van der Waals surface area contributed by atoms with E-state index in [9.17, 15) is 22.4 Å². The lowest BCUT2D eigenvalue weighted by atomic mass is 10.1. The lowest BCUT2D eigenvalue weighted by molar-refractivity contribution is -0.274. The lowest BCUT2D eigenvalue weighted by Crippen LogP contribution is -2.17. The number of nitrogens with one attached hydrogen (secondary N) is 2. The number of ether oxygens (including phenoxy) is 1. The highest BCUT2D eigenvalue weighted by Crippen LogP contribution is 2.27. The highest BCUT2D eigenvalue weighted by Gasteiger charge is 2.31. The summed E-state index contributed by atoms with van der Waals surface area (Å²) in [5.74, 6) is -1.95. The van der Waals surface area contributed by atoms with Crippen molar-refractivity contribution in [3.05, 3.63) is 90.8 Å². The molecule has 11 heteroatoms. The Morgan fingerprint density at radius 2 is 1.74 bits per heavy atom. The summed E-state index contributed by atoms with van der Waals surface area (Å²) in [7, 11) is 0. The number of imidazole rings is 1. The van der Waals surface area contributed by atoms with Gasteiger partial charge in [-0.3, -0.25) is 14.3 Å². The molecule has 0 fully saturated rings. The van der Waals surface area contributed by atoms with E-state index in [0.717, 1.165) is 23.3 Å². The van der Waals surface area contributed by atoms with Crippen LogP contribution in [-0.4, -0.2) is 31.9 Å². The van der Waals surface area contributed by atoms with Crippen molar-refractivity contribution >= 4 is 17.2 Å². The lowest BCUT2D eigenvalue weighted by Gasteiger charge is -2.11. The van der Waals surface area contributed by atoms with Crippen LogP contribution in [0.2, 0.25) is 0 Å². The number of alkyl halides is 3. The Bertz CT molecular complexity index is 1510. The van der Waals surface area contributed by atoms with Crippen molar-refractivity contribution in [3.8, 4) is 28.1 Å². The monoisotopic (exact) mass is 481 g/mol. The van der Waals surface area contributed by atoms with Crippen LogP contribution >= 0.6 is 0 Å². The van der Waals surface area contributed by atoms with Gasteiger partial charge in [0.1, 0.15) is 17.2 Å². The molecular formula is C24H15F4N5O2. The molecule has 2 aromatic carbocycles. The smallest absolute Gasteiger partial charge is 0.406 e. The molecule has 176 valence electrons.